The molecule has 3 heterocycles. The Balaban J connectivity index is 1.41. The van der Waals surface area contributed by atoms with Crippen molar-refractivity contribution in [2.75, 3.05) is 49.6 Å². The molecule has 2 saturated heterocycles. The lowest BCUT2D eigenvalue weighted by atomic mass is 10.2. The van der Waals surface area contributed by atoms with E-state index < -0.39 is 23.8 Å². The standard InChI is InChI=1S/C22H25F2N5O4S2/c1-32-20(34)3-2-15-13-28(22(31)33-15)14-10-16(23)21(17(24)11-14)27-6-4-26-29(8-7-27)19(30)12-18-25-5-9-35-18/h5,9-11,15,26H,2-4,6-8,12-13H2,1H3/t15-/m0/s1. The summed E-state index contributed by atoms with van der Waals surface area (Å²) in [6.07, 6.45) is 1.57. The van der Waals surface area contributed by atoms with Crippen LogP contribution in [-0.2, 0) is 20.7 Å². The molecule has 0 spiro atoms. The highest BCUT2D eigenvalue weighted by Gasteiger charge is 2.34. The first kappa shape index (κ1) is 25.2. The number of hydrogen-bond acceptors (Lipinski definition) is 9. The summed E-state index contributed by atoms with van der Waals surface area (Å²) in [5, 5.41) is 4.36. The number of amides is 2. The van der Waals surface area contributed by atoms with Gasteiger partial charge in [-0.2, -0.15) is 0 Å². The van der Waals surface area contributed by atoms with Gasteiger partial charge in [0.2, 0.25) is 5.91 Å². The summed E-state index contributed by atoms with van der Waals surface area (Å²) in [6.45, 7) is 1.26. The number of thiocarbonyl (C=S) groups is 1. The second kappa shape index (κ2) is 11.2. The van der Waals surface area contributed by atoms with Crippen molar-refractivity contribution in [2.45, 2.75) is 25.4 Å². The number of thiazole rings is 1. The molecule has 35 heavy (non-hydrogen) atoms. The minimum absolute atomic E-state index is 0.0822. The molecule has 2 aromatic rings. The van der Waals surface area contributed by atoms with Gasteiger partial charge in [-0.25, -0.2) is 24.0 Å². The zero-order chi connectivity index (χ0) is 24.9. The fourth-order valence-electron chi connectivity index (χ4n) is 4.01. The normalized spacial score (nSPS) is 18.4. The lowest BCUT2D eigenvalue weighted by Crippen LogP contribution is -2.44. The maximum Gasteiger partial charge on any atom is 0.414 e. The second-order valence-corrected chi connectivity index (χ2v) is 9.47. The third-order valence-electron chi connectivity index (χ3n) is 5.77. The van der Waals surface area contributed by atoms with Crippen molar-refractivity contribution in [1.82, 2.24) is 15.4 Å². The van der Waals surface area contributed by atoms with Crippen molar-refractivity contribution in [1.29, 1.82) is 0 Å². The van der Waals surface area contributed by atoms with E-state index >= 15 is 8.78 Å². The number of nitrogens with one attached hydrogen (secondary N) is 1. The van der Waals surface area contributed by atoms with Crippen LogP contribution in [0, 0.1) is 11.6 Å². The van der Waals surface area contributed by atoms with Gasteiger partial charge >= 0.3 is 6.09 Å². The number of anilines is 2. The summed E-state index contributed by atoms with van der Waals surface area (Å²) >= 11 is 6.40. The van der Waals surface area contributed by atoms with E-state index in [2.05, 4.69) is 10.4 Å². The molecule has 4 rings (SSSR count). The number of carbonyl (C=O) groups excluding carboxylic acids is 2. The van der Waals surface area contributed by atoms with E-state index in [0.29, 0.717) is 36.0 Å². The minimum atomic E-state index is -0.792. The van der Waals surface area contributed by atoms with Crippen molar-refractivity contribution in [2.24, 2.45) is 0 Å². The highest BCUT2D eigenvalue weighted by molar-refractivity contribution is 7.80. The number of cyclic esters (lactones) is 1. The van der Waals surface area contributed by atoms with Crippen molar-refractivity contribution in [3.63, 3.8) is 0 Å². The van der Waals surface area contributed by atoms with Gasteiger partial charge in [-0.1, -0.05) is 0 Å². The maximum absolute atomic E-state index is 15.1. The van der Waals surface area contributed by atoms with Gasteiger partial charge in [0, 0.05) is 49.8 Å². The topological polar surface area (TPSA) is 87.2 Å². The molecule has 0 radical (unpaired) electrons. The number of halogens is 2. The Labute approximate surface area is 210 Å². The Morgan fingerprint density at radius 1 is 1.31 bits per heavy atom. The Hall–Kier alpha value is -2.90. The number of carbonyl (C=O) groups is 2. The molecule has 1 aromatic heterocycles. The third-order valence-corrected chi connectivity index (χ3v) is 6.92. The van der Waals surface area contributed by atoms with E-state index in [4.69, 9.17) is 21.7 Å². The SMILES string of the molecule is COC(=S)CC[C@H]1CN(c2cc(F)c(N3CCNN(C(=O)Cc4nccs4)CC3)c(F)c2)C(=O)O1. The Morgan fingerprint density at radius 3 is 2.77 bits per heavy atom. The fourth-order valence-corrected chi connectivity index (χ4v) is 4.73. The van der Waals surface area contributed by atoms with E-state index in [0.717, 1.165) is 12.1 Å². The van der Waals surface area contributed by atoms with Crippen LogP contribution in [0.3, 0.4) is 0 Å². The van der Waals surface area contributed by atoms with E-state index in [1.165, 1.54) is 28.4 Å². The Bertz CT molecular complexity index is 1060. The summed E-state index contributed by atoms with van der Waals surface area (Å²) in [5.41, 5.74) is 2.90. The smallest absolute Gasteiger partial charge is 0.414 e. The molecule has 0 bridgehead atoms. The van der Waals surface area contributed by atoms with Gasteiger partial charge in [-0.15, -0.1) is 11.3 Å². The first-order chi connectivity index (χ1) is 16.9. The summed E-state index contributed by atoms with van der Waals surface area (Å²) in [6, 6.07) is 2.26. The van der Waals surface area contributed by atoms with Gasteiger partial charge in [0.15, 0.2) is 16.7 Å². The number of benzene rings is 1. The number of methoxy groups -OCH3 is 1. The molecule has 0 saturated carbocycles. The monoisotopic (exact) mass is 525 g/mol. The van der Waals surface area contributed by atoms with E-state index in [1.54, 1.807) is 16.5 Å². The van der Waals surface area contributed by atoms with E-state index in [9.17, 15) is 9.59 Å². The zero-order valence-corrected chi connectivity index (χ0v) is 20.7. The molecule has 13 heteroatoms. The molecule has 1 aromatic carbocycles. The van der Waals surface area contributed by atoms with Crippen LogP contribution in [0.4, 0.5) is 25.0 Å². The molecule has 1 atom stereocenters. The van der Waals surface area contributed by atoms with Gasteiger partial charge in [-0.3, -0.25) is 14.7 Å². The van der Waals surface area contributed by atoms with E-state index in [-0.39, 0.29) is 43.3 Å². The first-order valence-electron chi connectivity index (χ1n) is 11.1. The summed E-state index contributed by atoms with van der Waals surface area (Å²) < 4.78 is 40.5. The molecule has 2 aliphatic rings. The quantitative estimate of drug-likeness (QED) is 0.553. The van der Waals surface area contributed by atoms with Crippen LogP contribution in [-0.4, -0.2) is 73.0 Å². The second-order valence-electron chi connectivity index (χ2n) is 8.03. The fraction of sp³-hybridized carbons (Fsp3) is 0.455. The lowest BCUT2D eigenvalue weighted by molar-refractivity contribution is -0.133. The van der Waals surface area contributed by atoms with Crippen LogP contribution in [0.5, 0.6) is 0 Å². The highest BCUT2D eigenvalue weighted by Crippen LogP contribution is 2.31. The van der Waals surface area contributed by atoms with Crippen LogP contribution < -0.4 is 15.2 Å². The molecule has 1 N–H and O–H groups in total. The molecule has 0 aliphatic carbocycles. The number of hydrogen-bond donors (Lipinski definition) is 1. The molecule has 188 valence electrons. The molecular formula is C22H25F2N5O4S2. The van der Waals surface area contributed by atoms with E-state index in [1.807, 2.05) is 0 Å². The number of ether oxygens (including phenoxy) is 2. The van der Waals surface area contributed by atoms with Gasteiger partial charge in [0.25, 0.3) is 0 Å². The molecule has 9 nitrogen and oxygen atoms in total. The molecule has 2 aliphatic heterocycles. The zero-order valence-electron chi connectivity index (χ0n) is 19.0. The van der Waals surface area contributed by atoms with Gasteiger partial charge in [0.1, 0.15) is 16.8 Å². The van der Waals surface area contributed by atoms with Crippen LogP contribution in [0.15, 0.2) is 23.7 Å². The van der Waals surface area contributed by atoms with Crippen molar-refractivity contribution in [3.8, 4) is 0 Å². The summed E-state index contributed by atoms with van der Waals surface area (Å²) in [5.74, 6) is -1.75. The number of nitrogens with zero attached hydrogens (tertiary/aromatic N) is 4. The Morgan fingerprint density at radius 2 is 2.09 bits per heavy atom. The lowest BCUT2D eigenvalue weighted by Gasteiger charge is -2.25. The number of aromatic nitrogens is 1. The first-order valence-corrected chi connectivity index (χ1v) is 12.4. The summed E-state index contributed by atoms with van der Waals surface area (Å²) in [4.78, 5) is 31.7. The predicted molar refractivity (Wildman–Crippen MR) is 131 cm³/mol. The molecule has 2 fully saturated rings. The largest absolute Gasteiger partial charge is 0.490 e. The van der Waals surface area contributed by atoms with Crippen molar-refractivity contribution >= 4 is 52.0 Å². The van der Waals surface area contributed by atoms with Gasteiger partial charge in [-0.05, 0) is 18.6 Å². The summed E-state index contributed by atoms with van der Waals surface area (Å²) in [7, 11) is 1.47. The average Bonchev–Trinajstić information content (AvgIpc) is 3.40. The maximum atomic E-state index is 15.1. The van der Waals surface area contributed by atoms with Crippen LogP contribution in [0.25, 0.3) is 0 Å². The predicted octanol–water partition coefficient (Wildman–Crippen LogP) is 2.90. The Kier molecular flexibility index (Phi) is 8.08. The average molecular weight is 526 g/mol. The number of rotatable bonds is 7. The van der Waals surface area contributed by atoms with Crippen LogP contribution in [0.2, 0.25) is 0 Å². The van der Waals surface area contributed by atoms with Gasteiger partial charge in [0.05, 0.1) is 32.3 Å². The third kappa shape index (κ3) is 6.03. The van der Waals surface area contributed by atoms with Crippen molar-refractivity contribution < 1.29 is 27.8 Å². The van der Waals surface area contributed by atoms with Crippen molar-refractivity contribution in [3.05, 3.63) is 40.4 Å². The van der Waals surface area contributed by atoms with Gasteiger partial charge < -0.3 is 14.4 Å². The number of hydrazine groups is 1. The molecule has 0 unspecified atom stereocenters. The molecule has 2 amide bonds. The highest BCUT2D eigenvalue weighted by atomic mass is 32.1. The minimum Gasteiger partial charge on any atom is -0.490 e. The molecular weight excluding hydrogens is 500 g/mol. The van der Waals surface area contributed by atoms with Crippen LogP contribution in [0.1, 0.15) is 17.8 Å². The van der Waals surface area contributed by atoms with Crippen LogP contribution >= 0.6 is 23.6 Å².